The van der Waals surface area contributed by atoms with E-state index in [9.17, 15) is 19.5 Å². The molecule has 1 fully saturated rings. The highest BCUT2D eigenvalue weighted by atomic mass is 32.1. The predicted molar refractivity (Wildman–Crippen MR) is 117 cm³/mol. The Morgan fingerprint density at radius 2 is 1.91 bits per heavy atom. The number of esters is 1. The molecule has 164 valence electrons. The van der Waals surface area contributed by atoms with Crippen molar-refractivity contribution in [3.05, 3.63) is 75.7 Å². The second-order valence-corrected chi connectivity index (χ2v) is 8.09. The van der Waals surface area contributed by atoms with Gasteiger partial charge in [0.2, 0.25) is 0 Å². The monoisotopic (exact) mass is 452 g/mol. The number of rotatable bonds is 5. The number of carbonyl (C=O) groups is 3. The number of nitrogens with zero attached hydrogens (tertiary/aromatic N) is 2. The van der Waals surface area contributed by atoms with Crippen LogP contribution in [0.1, 0.15) is 45.4 Å². The van der Waals surface area contributed by atoms with Gasteiger partial charge in [0, 0.05) is 5.56 Å². The van der Waals surface area contributed by atoms with Crippen molar-refractivity contribution in [1.29, 1.82) is 0 Å². The van der Waals surface area contributed by atoms with Crippen LogP contribution in [-0.2, 0) is 14.3 Å². The molecule has 0 unspecified atom stereocenters. The fourth-order valence-corrected chi connectivity index (χ4v) is 4.51. The number of ether oxygens (including phenoxy) is 1. The molecule has 1 saturated heterocycles. The van der Waals surface area contributed by atoms with Gasteiger partial charge in [0.1, 0.15) is 28.2 Å². The molecule has 0 bridgehead atoms. The van der Waals surface area contributed by atoms with E-state index in [1.807, 2.05) is 0 Å². The fraction of sp³-hybridized carbons (Fsp3) is 0.217. The summed E-state index contributed by atoms with van der Waals surface area (Å²) in [5.74, 6) is -1.73. The lowest BCUT2D eigenvalue weighted by atomic mass is 9.99. The Morgan fingerprint density at radius 3 is 2.53 bits per heavy atom. The van der Waals surface area contributed by atoms with Crippen LogP contribution in [-0.4, -0.2) is 34.4 Å². The molecular weight excluding hydrogens is 432 g/mol. The molecule has 4 rings (SSSR count). The maximum Gasteiger partial charge on any atom is 0.350 e. The van der Waals surface area contributed by atoms with E-state index < -0.39 is 23.7 Å². The first-order chi connectivity index (χ1) is 15.3. The Balaban J connectivity index is 1.89. The van der Waals surface area contributed by atoms with Crippen molar-refractivity contribution in [2.75, 3.05) is 11.5 Å². The summed E-state index contributed by atoms with van der Waals surface area (Å²) < 4.78 is 10.8. The highest BCUT2D eigenvalue weighted by Gasteiger charge is 2.49. The number of Topliss-reactive ketones (excluding diaryl/α,β-unsaturated/α-hetero) is 1. The third kappa shape index (κ3) is 3.60. The second-order valence-electron chi connectivity index (χ2n) is 7.11. The summed E-state index contributed by atoms with van der Waals surface area (Å²) in [6.07, 6.45) is 0. The summed E-state index contributed by atoms with van der Waals surface area (Å²) in [5.41, 5.74) is 0.658. The molecule has 1 aliphatic heterocycles. The number of amides is 1. The van der Waals surface area contributed by atoms with Gasteiger partial charge in [0.15, 0.2) is 5.13 Å². The number of aliphatic hydroxyl groups is 1. The Bertz CT molecular complexity index is 1240. The summed E-state index contributed by atoms with van der Waals surface area (Å²) in [7, 11) is 0. The van der Waals surface area contributed by atoms with Gasteiger partial charge in [0.25, 0.3) is 5.78 Å². The van der Waals surface area contributed by atoms with Crippen molar-refractivity contribution < 1.29 is 28.6 Å². The van der Waals surface area contributed by atoms with E-state index in [1.165, 1.54) is 0 Å². The van der Waals surface area contributed by atoms with E-state index in [0.29, 0.717) is 22.8 Å². The van der Waals surface area contributed by atoms with Crippen LogP contribution in [0.2, 0.25) is 0 Å². The molecule has 1 aliphatic rings. The number of furan rings is 1. The largest absolute Gasteiger partial charge is 0.507 e. The van der Waals surface area contributed by atoms with E-state index in [4.69, 9.17) is 9.15 Å². The van der Waals surface area contributed by atoms with E-state index in [2.05, 4.69) is 4.98 Å². The lowest BCUT2D eigenvalue weighted by Gasteiger charge is -2.20. The van der Waals surface area contributed by atoms with Crippen LogP contribution < -0.4 is 4.90 Å². The molecule has 0 spiro atoms. The predicted octanol–water partition coefficient (Wildman–Crippen LogP) is 4.16. The van der Waals surface area contributed by atoms with Crippen molar-refractivity contribution >= 4 is 39.9 Å². The van der Waals surface area contributed by atoms with Gasteiger partial charge in [-0.2, -0.15) is 0 Å². The molecule has 3 aromatic rings. The van der Waals surface area contributed by atoms with Gasteiger partial charge in [-0.05, 0) is 32.9 Å². The minimum Gasteiger partial charge on any atom is -0.507 e. The van der Waals surface area contributed by atoms with Crippen molar-refractivity contribution in [3.63, 3.8) is 0 Å². The standard InChI is InChI=1S/C23H20N2O6S/c1-4-30-22(29)20-13(3)24-23(32-20)25-17(15-11-10-12(2)31-15)16(19(27)21(25)28)18(26)14-8-6-5-7-9-14/h5-11,17,26H,4H2,1-3H3/t17-/m0/s1. The lowest BCUT2D eigenvalue weighted by molar-refractivity contribution is -0.132. The van der Waals surface area contributed by atoms with Gasteiger partial charge in [-0.3, -0.25) is 14.5 Å². The van der Waals surface area contributed by atoms with Crippen molar-refractivity contribution in [1.82, 2.24) is 4.98 Å². The maximum atomic E-state index is 13.1. The van der Waals surface area contributed by atoms with Crippen LogP contribution in [0.5, 0.6) is 0 Å². The van der Waals surface area contributed by atoms with Gasteiger partial charge < -0.3 is 14.3 Å². The van der Waals surface area contributed by atoms with Crippen molar-refractivity contribution in [2.45, 2.75) is 26.8 Å². The van der Waals surface area contributed by atoms with Crippen molar-refractivity contribution in [3.8, 4) is 0 Å². The zero-order valence-electron chi connectivity index (χ0n) is 17.6. The molecule has 8 nitrogen and oxygen atoms in total. The Hall–Kier alpha value is -3.72. The molecule has 1 aromatic carbocycles. The molecule has 0 aliphatic carbocycles. The number of aliphatic hydroxyl groups excluding tert-OH is 1. The molecule has 0 radical (unpaired) electrons. The van der Waals surface area contributed by atoms with E-state index in [0.717, 1.165) is 16.2 Å². The number of aryl methyl sites for hydroxylation is 2. The summed E-state index contributed by atoms with van der Waals surface area (Å²) >= 11 is 0.947. The maximum absolute atomic E-state index is 13.1. The van der Waals surface area contributed by atoms with Crippen LogP contribution in [0.25, 0.3) is 5.76 Å². The molecule has 1 atom stereocenters. The van der Waals surface area contributed by atoms with E-state index in [1.54, 1.807) is 63.2 Å². The Labute approximate surface area is 187 Å². The topological polar surface area (TPSA) is 110 Å². The highest BCUT2D eigenvalue weighted by Crippen LogP contribution is 2.44. The number of aromatic nitrogens is 1. The summed E-state index contributed by atoms with van der Waals surface area (Å²) in [5, 5.41) is 11.1. The van der Waals surface area contributed by atoms with Gasteiger partial charge >= 0.3 is 11.9 Å². The average Bonchev–Trinajstić information content (AvgIpc) is 3.45. The molecule has 0 saturated carbocycles. The third-order valence-electron chi connectivity index (χ3n) is 4.97. The third-order valence-corrected chi connectivity index (χ3v) is 6.11. The van der Waals surface area contributed by atoms with Crippen LogP contribution in [0.3, 0.4) is 0 Å². The Morgan fingerprint density at radius 1 is 1.19 bits per heavy atom. The summed E-state index contributed by atoms with van der Waals surface area (Å²) in [6.45, 7) is 5.24. The molecule has 1 N–H and O–H groups in total. The normalized spacial score (nSPS) is 17.7. The number of ketones is 1. The molecule has 3 heterocycles. The quantitative estimate of drug-likeness (QED) is 0.268. The van der Waals surface area contributed by atoms with E-state index >= 15 is 0 Å². The number of hydrogen-bond acceptors (Lipinski definition) is 8. The molecule has 32 heavy (non-hydrogen) atoms. The van der Waals surface area contributed by atoms with Gasteiger partial charge in [-0.1, -0.05) is 41.7 Å². The number of anilines is 1. The Kier molecular flexibility index (Phi) is 5.67. The second kappa shape index (κ2) is 8.43. The first kappa shape index (κ1) is 21.5. The zero-order chi connectivity index (χ0) is 23.0. The first-order valence-corrected chi connectivity index (χ1v) is 10.7. The lowest BCUT2D eigenvalue weighted by Crippen LogP contribution is -2.29. The number of thiazole rings is 1. The number of hydrogen-bond donors (Lipinski definition) is 1. The fourth-order valence-electron chi connectivity index (χ4n) is 3.52. The number of carbonyl (C=O) groups excluding carboxylic acids is 3. The van der Waals surface area contributed by atoms with Crippen LogP contribution in [0.15, 0.2) is 52.5 Å². The molecule has 9 heteroatoms. The first-order valence-electron chi connectivity index (χ1n) is 9.90. The molecular formula is C23H20N2O6S. The zero-order valence-corrected chi connectivity index (χ0v) is 18.4. The highest BCUT2D eigenvalue weighted by molar-refractivity contribution is 7.17. The van der Waals surface area contributed by atoms with Gasteiger partial charge in [-0.15, -0.1) is 0 Å². The van der Waals surface area contributed by atoms with Gasteiger partial charge in [-0.25, -0.2) is 9.78 Å². The minimum atomic E-state index is -1.04. The van der Waals surface area contributed by atoms with Crippen molar-refractivity contribution in [2.24, 2.45) is 0 Å². The van der Waals surface area contributed by atoms with Crippen LogP contribution in [0, 0.1) is 13.8 Å². The minimum absolute atomic E-state index is 0.110. The summed E-state index contributed by atoms with van der Waals surface area (Å²) in [4.78, 5) is 44.2. The van der Waals surface area contributed by atoms with Crippen LogP contribution in [0.4, 0.5) is 5.13 Å². The molecule has 1 amide bonds. The average molecular weight is 452 g/mol. The molecule has 2 aromatic heterocycles. The summed E-state index contributed by atoms with van der Waals surface area (Å²) in [6, 6.07) is 10.8. The van der Waals surface area contributed by atoms with E-state index in [-0.39, 0.29) is 27.9 Å². The SMILES string of the molecule is CCOC(=O)c1sc(N2C(=O)C(=O)C(=C(O)c3ccccc3)[C@@H]2c2ccc(C)o2)nc1C. The van der Waals surface area contributed by atoms with Gasteiger partial charge in [0.05, 0.1) is 17.9 Å². The number of benzene rings is 1. The smallest absolute Gasteiger partial charge is 0.350 e. The van der Waals surface area contributed by atoms with Crippen LogP contribution >= 0.6 is 11.3 Å².